The van der Waals surface area contributed by atoms with Crippen molar-refractivity contribution in [1.82, 2.24) is 4.98 Å². The second kappa shape index (κ2) is 5.21. The molecule has 0 aliphatic carbocycles. The Kier molecular flexibility index (Phi) is 3.77. The Morgan fingerprint density at radius 1 is 1.20 bits per heavy atom. The molecule has 0 atom stereocenters. The highest BCUT2D eigenvalue weighted by Gasteiger charge is 2.17. The van der Waals surface area contributed by atoms with E-state index in [1.807, 2.05) is 32.0 Å². The van der Waals surface area contributed by atoms with Crippen molar-refractivity contribution in [2.24, 2.45) is 0 Å². The fourth-order valence-electron chi connectivity index (χ4n) is 2.15. The number of sulfone groups is 1. The zero-order chi connectivity index (χ0) is 14.9. The van der Waals surface area contributed by atoms with Gasteiger partial charge in [-0.15, -0.1) is 0 Å². The average molecular weight is 287 g/mol. The smallest absolute Gasteiger partial charge is 0.176 e. The van der Waals surface area contributed by atoms with Crippen molar-refractivity contribution in [3.8, 4) is 11.1 Å². The van der Waals surface area contributed by atoms with E-state index in [1.54, 1.807) is 18.3 Å². The fourth-order valence-corrected chi connectivity index (χ4v) is 3.13. The Labute approximate surface area is 119 Å². The minimum atomic E-state index is -3.30. The number of benzene rings is 1. The van der Waals surface area contributed by atoms with Gasteiger partial charge in [-0.05, 0) is 37.1 Å². The lowest BCUT2D eigenvalue weighted by atomic mass is 9.97. The molecule has 1 aromatic carbocycles. The Bertz CT molecular complexity index is 760. The maximum Gasteiger partial charge on any atom is 0.176 e. The van der Waals surface area contributed by atoms with E-state index >= 15 is 0 Å². The molecule has 0 fully saturated rings. The maximum atomic E-state index is 11.9. The molecule has 0 unspecified atom stereocenters. The van der Waals surface area contributed by atoms with Crippen LogP contribution < -0.4 is 0 Å². The van der Waals surface area contributed by atoms with E-state index < -0.39 is 9.84 Å². The summed E-state index contributed by atoms with van der Waals surface area (Å²) in [6, 6.07) is 9.11. The summed E-state index contributed by atoms with van der Waals surface area (Å²) in [7, 11) is -3.30. The van der Waals surface area contributed by atoms with Crippen LogP contribution in [0.25, 0.3) is 16.7 Å². The molecule has 0 spiro atoms. The summed E-state index contributed by atoms with van der Waals surface area (Å²) < 4.78 is 23.9. The van der Waals surface area contributed by atoms with E-state index in [2.05, 4.69) is 11.6 Å². The van der Waals surface area contributed by atoms with Crippen molar-refractivity contribution in [2.75, 3.05) is 6.26 Å². The molecule has 1 heterocycles. The molecule has 20 heavy (non-hydrogen) atoms. The summed E-state index contributed by atoms with van der Waals surface area (Å²) in [5.74, 6) is 0. The summed E-state index contributed by atoms with van der Waals surface area (Å²) >= 11 is 0. The molecule has 0 saturated heterocycles. The fraction of sp³-hybridized carbons (Fsp3) is 0.188. The molecule has 0 aliphatic heterocycles. The SMILES string of the molecule is C=C(C)c1c(-c2ccc(C)nc2)cccc1S(C)(=O)=O. The van der Waals surface area contributed by atoms with Crippen molar-refractivity contribution >= 4 is 15.4 Å². The molecule has 0 saturated carbocycles. The van der Waals surface area contributed by atoms with Gasteiger partial charge in [0.15, 0.2) is 9.84 Å². The largest absolute Gasteiger partial charge is 0.261 e. The van der Waals surface area contributed by atoms with Crippen LogP contribution in [0.2, 0.25) is 0 Å². The van der Waals surface area contributed by atoms with Crippen LogP contribution in [0, 0.1) is 6.92 Å². The number of aromatic nitrogens is 1. The molecular formula is C16H17NO2S. The first-order valence-electron chi connectivity index (χ1n) is 6.22. The molecule has 104 valence electrons. The van der Waals surface area contributed by atoms with Gasteiger partial charge in [0.05, 0.1) is 4.90 Å². The van der Waals surface area contributed by atoms with E-state index in [1.165, 1.54) is 6.26 Å². The van der Waals surface area contributed by atoms with Gasteiger partial charge in [0.2, 0.25) is 0 Å². The first-order valence-corrected chi connectivity index (χ1v) is 8.12. The van der Waals surface area contributed by atoms with Crippen molar-refractivity contribution in [3.63, 3.8) is 0 Å². The molecular weight excluding hydrogens is 270 g/mol. The molecule has 2 rings (SSSR count). The number of nitrogens with zero attached hydrogens (tertiary/aromatic N) is 1. The second-order valence-electron chi connectivity index (χ2n) is 4.92. The summed E-state index contributed by atoms with van der Waals surface area (Å²) in [4.78, 5) is 4.58. The van der Waals surface area contributed by atoms with Gasteiger partial charge < -0.3 is 0 Å². The molecule has 0 radical (unpaired) electrons. The van der Waals surface area contributed by atoms with Gasteiger partial charge in [0.1, 0.15) is 0 Å². The van der Waals surface area contributed by atoms with E-state index in [9.17, 15) is 8.42 Å². The first kappa shape index (κ1) is 14.5. The van der Waals surface area contributed by atoms with Crippen molar-refractivity contribution < 1.29 is 8.42 Å². The van der Waals surface area contributed by atoms with Crippen LogP contribution in [-0.4, -0.2) is 19.7 Å². The van der Waals surface area contributed by atoms with Gasteiger partial charge in [-0.1, -0.05) is 24.8 Å². The van der Waals surface area contributed by atoms with Gasteiger partial charge >= 0.3 is 0 Å². The Balaban J connectivity index is 2.77. The highest BCUT2D eigenvalue weighted by molar-refractivity contribution is 7.90. The van der Waals surface area contributed by atoms with Crippen LogP contribution in [0.3, 0.4) is 0 Å². The molecule has 0 aliphatic rings. The maximum absolute atomic E-state index is 11.9. The number of pyridine rings is 1. The topological polar surface area (TPSA) is 47.0 Å². The molecule has 3 nitrogen and oxygen atoms in total. The Morgan fingerprint density at radius 3 is 2.40 bits per heavy atom. The predicted octanol–water partition coefficient (Wildman–Crippen LogP) is 3.49. The van der Waals surface area contributed by atoms with Gasteiger partial charge in [0.25, 0.3) is 0 Å². The number of aryl methyl sites for hydroxylation is 1. The van der Waals surface area contributed by atoms with Crippen LogP contribution in [-0.2, 0) is 9.84 Å². The molecule has 0 amide bonds. The summed E-state index contributed by atoms with van der Waals surface area (Å²) in [5.41, 5.74) is 4.04. The number of hydrogen-bond donors (Lipinski definition) is 0. The van der Waals surface area contributed by atoms with Crippen LogP contribution in [0.5, 0.6) is 0 Å². The average Bonchev–Trinajstić information content (AvgIpc) is 2.37. The van der Waals surface area contributed by atoms with Crippen molar-refractivity contribution in [2.45, 2.75) is 18.7 Å². The third kappa shape index (κ3) is 2.80. The number of rotatable bonds is 3. The van der Waals surface area contributed by atoms with E-state index in [0.29, 0.717) is 10.5 Å². The zero-order valence-corrected chi connectivity index (χ0v) is 12.7. The standard InChI is InChI=1S/C16H17NO2S/c1-11(2)16-14(13-9-8-12(3)17-10-13)6-5-7-15(16)20(4,18)19/h5-10H,1H2,2-4H3. The Morgan fingerprint density at radius 2 is 1.90 bits per heavy atom. The molecule has 2 aromatic rings. The van der Waals surface area contributed by atoms with Crippen molar-refractivity contribution in [1.29, 1.82) is 0 Å². The van der Waals surface area contributed by atoms with Crippen molar-refractivity contribution in [3.05, 3.63) is 54.4 Å². The predicted molar refractivity (Wildman–Crippen MR) is 82.2 cm³/mol. The first-order chi connectivity index (χ1) is 9.30. The highest BCUT2D eigenvalue weighted by Crippen LogP contribution is 2.33. The van der Waals surface area contributed by atoms with Crippen LogP contribution in [0.4, 0.5) is 0 Å². The summed E-state index contributed by atoms with van der Waals surface area (Å²) in [6.07, 6.45) is 2.97. The second-order valence-corrected chi connectivity index (χ2v) is 6.90. The minimum Gasteiger partial charge on any atom is -0.261 e. The quantitative estimate of drug-likeness (QED) is 0.868. The summed E-state index contributed by atoms with van der Waals surface area (Å²) in [6.45, 7) is 7.65. The number of allylic oxidation sites excluding steroid dienone is 1. The number of hydrogen-bond acceptors (Lipinski definition) is 3. The molecule has 1 aromatic heterocycles. The lowest BCUT2D eigenvalue weighted by Gasteiger charge is -2.14. The van der Waals surface area contributed by atoms with Gasteiger partial charge in [0, 0.05) is 29.3 Å². The lowest BCUT2D eigenvalue weighted by molar-refractivity contribution is 0.601. The van der Waals surface area contributed by atoms with E-state index in [4.69, 9.17) is 0 Å². The summed E-state index contributed by atoms with van der Waals surface area (Å²) in [5, 5.41) is 0. The third-order valence-electron chi connectivity index (χ3n) is 3.07. The zero-order valence-electron chi connectivity index (χ0n) is 11.8. The Hall–Kier alpha value is -1.94. The molecule has 0 bridgehead atoms. The van der Waals surface area contributed by atoms with E-state index in [-0.39, 0.29) is 0 Å². The highest BCUT2D eigenvalue weighted by atomic mass is 32.2. The monoisotopic (exact) mass is 287 g/mol. The van der Waals surface area contributed by atoms with Gasteiger partial charge in [-0.25, -0.2) is 8.42 Å². The molecule has 4 heteroatoms. The third-order valence-corrected chi connectivity index (χ3v) is 4.21. The van der Waals surface area contributed by atoms with Crippen LogP contribution in [0.15, 0.2) is 48.0 Å². The molecule has 0 N–H and O–H groups in total. The minimum absolute atomic E-state index is 0.308. The van der Waals surface area contributed by atoms with Gasteiger partial charge in [-0.3, -0.25) is 4.98 Å². The van der Waals surface area contributed by atoms with E-state index in [0.717, 1.165) is 22.4 Å². The van der Waals surface area contributed by atoms with Crippen LogP contribution >= 0.6 is 0 Å². The lowest BCUT2D eigenvalue weighted by Crippen LogP contribution is -2.03. The normalized spacial score (nSPS) is 11.3. The van der Waals surface area contributed by atoms with Gasteiger partial charge in [-0.2, -0.15) is 0 Å². The van der Waals surface area contributed by atoms with Crippen LogP contribution in [0.1, 0.15) is 18.2 Å².